The van der Waals surface area contributed by atoms with Crippen molar-refractivity contribution in [2.24, 2.45) is 5.92 Å². The maximum atomic E-state index is 11.4. The Bertz CT molecular complexity index is 544. The van der Waals surface area contributed by atoms with Crippen LogP contribution >= 0.6 is 0 Å². The minimum Gasteiger partial charge on any atom is -0.475 e. The summed E-state index contributed by atoms with van der Waals surface area (Å²) in [6.07, 6.45) is 0. The van der Waals surface area contributed by atoms with Crippen molar-refractivity contribution < 1.29 is 24.0 Å². The number of carbonyl (C=O) groups is 2. The average Bonchev–Trinajstić information content (AvgIpc) is 2.48. The molecule has 1 rings (SSSR count). The summed E-state index contributed by atoms with van der Waals surface area (Å²) in [5.74, 6) is -0.930. The fraction of sp³-hybridized carbons (Fsp3) is 0.429. The summed E-state index contributed by atoms with van der Waals surface area (Å²) in [5.41, 5.74) is -0.245. The lowest BCUT2D eigenvalue weighted by Gasteiger charge is -2.09. The number of nitrogens with one attached hydrogen (secondary N) is 1. The minimum absolute atomic E-state index is 0.0336. The summed E-state index contributed by atoms with van der Waals surface area (Å²) in [6.45, 7) is 3.44. The number of hydrogen-bond acceptors (Lipinski definition) is 6. The topological polar surface area (TPSA) is 108 Å². The van der Waals surface area contributed by atoms with Crippen molar-refractivity contribution in [1.82, 2.24) is 5.32 Å². The Hall–Kier alpha value is -2.64. The van der Waals surface area contributed by atoms with Crippen molar-refractivity contribution in [3.8, 4) is 5.75 Å². The molecule has 0 aromatic heterocycles. The predicted octanol–water partition coefficient (Wildman–Crippen LogP) is 1.29. The van der Waals surface area contributed by atoms with E-state index in [1.807, 2.05) is 13.8 Å². The lowest BCUT2D eigenvalue weighted by Crippen LogP contribution is -2.32. The maximum absolute atomic E-state index is 11.4. The highest BCUT2D eigenvalue weighted by atomic mass is 16.6. The van der Waals surface area contributed by atoms with E-state index in [1.165, 1.54) is 18.2 Å². The number of para-hydroxylation sites is 2. The van der Waals surface area contributed by atoms with E-state index in [1.54, 1.807) is 6.07 Å². The molecule has 0 aliphatic heterocycles. The molecule has 0 unspecified atom stereocenters. The fourth-order valence-corrected chi connectivity index (χ4v) is 1.42. The first-order valence-corrected chi connectivity index (χ1v) is 6.68. The third-order valence-electron chi connectivity index (χ3n) is 2.48. The molecule has 1 aromatic rings. The van der Waals surface area contributed by atoms with Gasteiger partial charge in [0.25, 0.3) is 5.91 Å². The van der Waals surface area contributed by atoms with Gasteiger partial charge in [0, 0.05) is 12.6 Å². The lowest BCUT2D eigenvalue weighted by atomic mass is 10.2. The van der Waals surface area contributed by atoms with E-state index in [9.17, 15) is 19.7 Å². The molecule has 0 heterocycles. The Morgan fingerprint density at radius 1 is 1.27 bits per heavy atom. The van der Waals surface area contributed by atoms with Crippen LogP contribution in [0.5, 0.6) is 5.75 Å². The molecule has 120 valence electrons. The highest BCUT2D eigenvalue weighted by Crippen LogP contribution is 2.25. The van der Waals surface area contributed by atoms with E-state index in [4.69, 9.17) is 9.47 Å². The van der Waals surface area contributed by atoms with Crippen molar-refractivity contribution in [2.75, 3.05) is 19.8 Å². The molecule has 0 fully saturated rings. The Morgan fingerprint density at radius 2 is 1.95 bits per heavy atom. The van der Waals surface area contributed by atoms with Crippen molar-refractivity contribution in [1.29, 1.82) is 0 Å². The van der Waals surface area contributed by atoms with Crippen LogP contribution in [0, 0.1) is 16.0 Å². The fourth-order valence-electron chi connectivity index (χ4n) is 1.42. The van der Waals surface area contributed by atoms with Gasteiger partial charge < -0.3 is 14.8 Å². The van der Waals surface area contributed by atoms with Gasteiger partial charge >= 0.3 is 11.7 Å². The summed E-state index contributed by atoms with van der Waals surface area (Å²) in [6, 6.07) is 5.68. The minimum atomic E-state index is -0.780. The largest absolute Gasteiger partial charge is 0.475 e. The van der Waals surface area contributed by atoms with Crippen molar-refractivity contribution >= 4 is 17.6 Å². The molecule has 0 spiro atoms. The van der Waals surface area contributed by atoms with E-state index in [0.29, 0.717) is 12.5 Å². The zero-order valence-corrected chi connectivity index (χ0v) is 12.4. The number of nitro benzene ring substituents is 1. The van der Waals surface area contributed by atoms with Gasteiger partial charge in [-0.3, -0.25) is 14.9 Å². The summed E-state index contributed by atoms with van der Waals surface area (Å²) in [7, 11) is 0. The van der Waals surface area contributed by atoms with Gasteiger partial charge in [-0.25, -0.2) is 4.79 Å². The molecule has 0 saturated heterocycles. The lowest BCUT2D eigenvalue weighted by molar-refractivity contribution is -0.385. The number of nitro groups is 1. The summed E-state index contributed by atoms with van der Waals surface area (Å²) in [4.78, 5) is 32.9. The highest BCUT2D eigenvalue weighted by Gasteiger charge is 2.15. The number of amides is 1. The van der Waals surface area contributed by atoms with Crippen molar-refractivity contribution in [2.45, 2.75) is 13.8 Å². The van der Waals surface area contributed by atoms with Gasteiger partial charge in [-0.15, -0.1) is 0 Å². The second-order valence-corrected chi connectivity index (χ2v) is 4.87. The van der Waals surface area contributed by atoms with Crippen LogP contribution < -0.4 is 10.1 Å². The van der Waals surface area contributed by atoms with Gasteiger partial charge in [0.05, 0.1) is 4.92 Å². The second-order valence-electron chi connectivity index (χ2n) is 4.87. The van der Waals surface area contributed by atoms with Crippen LogP contribution in [0.1, 0.15) is 13.8 Å². The zero-order valence-electron chi connectivity index (χ0n) is 12.4. The molecule has 0 radical (unpaired) electrons. The van der Waals surface area contributed by atoms with E-state index in [0.717, 1.165) is 0 Å². The average molecular weight is 310 g/mol. The monoisotopic (exact) mass is 310 g/mol. The van der Waals surface area contributed by atoms with Crippen LogP contribution in [0.15, 0.2) is 24.3 Å². The van der Waals surface area contributed by atoms with E-state index >= 15 is 0 Å². The molecule has 0 aliphatic rings. The van der Waals surface area contributed by atoms with E-state index in [-0.39, 0.29) is 11.4 Å². The Kier molecular flexibility index (Phi) is 6.81. The first-order valence-electron chi connectivity index (χ1n) is 6.68. The van der Waals surface area contributed by atoms with E-state index in [2.05, 4.69) is 5.32 Å². The number of benzene rings is 1. The predicted molar refractivity (Wildman–Crippen MR) is 77.4 cm³/mol. The molecule has 0 aliphatic carbocycles. The molecule has 0 saturated carbocycles. The number of rotatable bonds is 8. The van der Waals surface area contributed by atoms with Gasteiger partial charge in [-0.05, 0) is 12.0 Å². The van der Waals surface area contributed by atoms with Gasteiger partial charge in [0.15, 0.2) is 19.0 Å². The van der Waals surface area contributed by atoms with Gasteiger partial charge in [0.1, 0.15) is 0 Å². The molecule has 1 amide bonds. The molecule has 8 nitrogen and oxygen atoms in total. The molecule has 1 N–H and O–H groups in total. The normalized spacial score (nSPS) is 10.1. The second kappa shape index (κ2) is 8.60. The van der Waals surface area contributed by atoms with Gasteiger partial charge in [0.2, 0.25) is 0 Å². The van der Waals surface area contributed by atoms with E-state index < -0.39 is 30.0 Å². The maximum Gasteiger partial charge on any atom is 0.344 e. The molecule has 1 aromatic carbocycles. The Balaban J connectivity index is 2.38. The molecule has 8 heteroatoms. The molecule has 0 bridgehead atoms. The Morgan fingerprint density at radius 3 is 2.59 bits per heavy atom. The third kappa shape index (κ3) is 6.21. The van der Waals surface area contributed by atoms with Gasteiger partial charge in [-0.2, -0.15) is 0 Å². The van der Waals surface area contributed by atoms with Crippen molar-refractivity contribution in [3.05, 3.63) is 34.4 Å². The third-order valence-corrected chi connectivity index (χ3v) is 2.48. The summed E-state index contributed by atoms with van der Waals surface area (Å²) >= 11 is 0. The van der Waals surface area contributed by atoms with Crippen LogP contribution in [0.3, 0.4) is 0 Å². The SMILES string of the molecule is CC(C)CNC(=O)COC(=O)COc1ccccc1[N+](=O)[O-]. The molecular weight excluding hydrogens is 292 g/mol. The van der Waals surface area contributed by atoms with Crippen LogP contribution in [0.2, 0.25) is 0 Å². The number of nitrogens with zero attached hydrogens (tertiary/aromatic N) is 1. The van der Waals surface area contributed by atoms with Crippen molar-refractivity contribution in [3.63, 3.8) is 0 Å². The number of ether oxygens (including phenoxy) is 2. The molecule has 0 atom stereocenters. The quantitative estimate of drug-likeness (QED) is 0.440. The van der Waals surface area contributed by atoms with Crippen LogP contribution in [0.4, 0.5) is 5.69 Å². The summed E-state index contributed by atoms with van der Waals surface area (Å²) in [5, 5.41) is 13.4. The highest BCUT2D eigenvalue weighted by molar-refractivity contribution is 5.80. The first kappa shape index (κ1) is 17.4. The smallest absolute Gasteiger partial charge is 0.344 e. The van der Waals surface area contributed by atoms with Crippen LogP contribution in [-0.4, -0.2) is 36.6 Å². The summed E-state index contributed by atoms with van der Waals surface area (Å²) < 4.78 is 9.76. The standard InChI is InChI=1S/C14H18N2O6/c1-10(2)7-15-13(17)8-22-14(18)9-21-12-6-4-3-5-11(12)16(19)20/h3-6,10H,7-9H2,1-2H3,(H,15,17). The van der Waals surface area contributed by atoms with Crippen LogP contribution in [-0.2, 0) is 14.3 Å². The van der Waals surface area contributed by atoms with Crippen LogP contribution in [0.25, 0.3) is 0 Å². The number of carbonyl (C=O) groups excluding carboxylic acids is 2. The first-order chi connectivity index (χ1) is 10.4. The number of hydrogen-bond donors (Lipinski definition) is 1. The molecular formula is C14H18N2O6. The van der Waals surface area contributed by atoms with Gasteiger partial charge in [-0.1, -0.05) is 26.0 Å². The number of esters is 1. The zero-order chi connectivity index (χ0) is 16.5. The molecule has 22 heavy (non-hydrogen) atoms. The Labute approximate surface area is 127 Å².